The van der Waals surface area contributed by atoms with Crippen LogP contribution in [0.1, 0.15) is 11.5 Å². The minimum atomic E-state index is 0.424. The van der Waals surface area contributed by atoms with Crippen LogP contribution in [0.5, 0.6) is 0 Å². The monoisotopic (exact) mass is 288 g/mol. The molecule has 0 aliphatic heterocycles. The Bertz CT molecular complexity index is 658. The van der Waals surface area contributed by atoms with Crippen molar-refractivity contribution in [3.05, 3.63) is 58.7 Å². The molecule has 0 amide bonds. The summed E-state index contributed by atoms with van der Waals surface area (Å²) in [5.74, 6) is 0.619. The second-order valence-corrected chi connectivity index (χ2v) is 4.44. The van der Waals surface area contributed by atoms with E-state index in [1.165, 1.54) is 16.3 Å². The number of nitrogens with zero attached hydrogens (tertiary/aromatic N) is 2. The van der Waals surface area contributed by atoms with E-state index < -0.39 is 0 Å². The molecule has 0 radical (unpaired) electrons. The summed E-state index contributed by atoms with van der Waals surface area (Å²) in [7, 11) is 0. The molecular weight excluding hydrogens is 280 g/mol. The number of hydrogen-bond acceptors (Lipinski definition) is 3. The quantitative estimate of drug-likeness (QED) is 0.724. The molecule has 4 heteroatoms. The summed E-state index contributed by atoms with van der Waals surface area (Å²) in [6.07, 6.45) is 0.653. The average molecular weight is 289 g/mol. The Kier molecular flexibility index (Phi) is 2.65. The fraction of sp³-hybridized carbons (Fsp3) is 0.0769. The number of rotatable bonds is 2. The SMILES string of the molecule is Brc1nnc(Cc2cccc3ccccc23)o1. The summed E-state index contributed by atoms with van der Waals surface area (Å²) in [4.78, 5) is 0.424. The molecule has 2 aromatic carbocycles. The van der Waals surface area contributed by atoms with Gasteiger partial charge >= 0.3 is 0 Å². The average Bonchev–Trinajstić information content (AvgIpc) is 2.75. The molecule has 3 aromatic rings. The summed E-state index contributed by atoms with van der Waals surface area (Å²) in [6, 6.07) is 14.5. The van der Waals surface area contributed by atoms with E-state index in [9.17, 15) is 0 Å². The fourth-order valence-corrected chi connectivity index (χ4v) is 2.18. The molecule has 84 valence electrons. The maximum Gasteiger partial charge on any atom is 0.284 e. The van der Waals surface area contributed by atoms with Crippen LogP contribution in [-0.4, -0.2) is 10.2 Å². The van der Waals surface area contributed by atoms with Gasteiger partial charge in [0.2, 0.25) is 5.89 Å². The van der Waals surface area contributed by atoms with E-state index in [0.717, 1.165) is 0 Å². The molecule has 0 atom stereocenters. The van der Waals surface area contributed by atoms with E-state index in [0.29, 0.717) is 17.1 Å². The van der Waals surface area contributed by atoms with Crippen LogP contribution in [-0.2, 0) is 6.42 Å². The highest BCUT2D eigenvalue weighted by atomic mass is 79.9. The third-order valence-electron chi connectivity index (χ3n) is 2.66. The Balaban J connectivity index is 2.05. The lowest BCUT2D eigenvalue weighted by Crippen LogP contribution is -1.90. The van der Waals surface area contributed by atoms with Crippen LogP contribution in [0.25, 0.3) is 10.8 Å². The van der Waals surface area contributed by atoms with Crippen molar-refractivity contribution < 1.29 is 4.42 Å². The molecule has 3 rings (SSSR count). The predicted octanol–water partition coefficient (Wildman–Crippen LogP) is 3.58. The zero-order chi connectivity index (χ0) is 11.7. The van der Waals surface area contributed by atoms with Gasteiger partial charge in [-0.2, -0.15) is 0 Å². The molecule has 0 saturated carbocycles. The summed E-state index contributed by atoms with van der Waals surface area (Å²) >= 11 is 3.15. The normalized spacial score (nSPS) is 10.9. The number of halogens is 1. The van der Waals surface area contributed by atoms with Crippen molar-refractivity contribution in [2.24, 2.45) is 0 Å². The van der Waals surface area contributed by atoms with Crippen molar-refractivity contribution in [2.45, 2.75) is 6.42 Å². The Labute approximate surface area is 107 Å². The van der Waals surface area contributed by atoms with Crippen LogP contribution < -0.4 is 0 Å². The third-order valence-corrected chi connectivity index (χ3v) is 2.98. The number of fused-ring (bicyclic) bond motifs is 1. The van der Waals surface area contributed by atoms with Crippen molar-refractivity contribution >= 4 is 26.7 Å². The summed E-state index contributed by atoms with van der Waals surface area (Å²) < 4.78 is 5.33. The molecule has 0 N–H and O–H groups in total. The predicted molar refractivity (Wildman–Crippen MR) is 68.8 cm³/mol. The van der Waals surface area contributed by atoms with Crippen molar-refractivity contribution in [1.29, 1.82) is 0 Å². The van der Waals surface area contributed by atoms with Crippen LogP contribution in [0.2, 0.25) is 0 Å². The fourth-order valence-electron chi connectivity index (χ4n) is 1.91. The van der Waals surface area contributed by atoms with E-state index in [2.05, 4.69) is 50.4 Å². The maximum absolute atomic E-state index is 5.33. The highest BCUT2D eigenvalue weighted by Gasteiger charge is 2.07. The lowest BCUT2D eigenvalue weighted by atomic mass is 10.0. The van der Waals surface area contributed by atoms with Gasteiger partial charge in [-0.3, -0.25) is 0 Å². The molecule has 1 aromatic heterocycles. The van der Waals surface area contributed by atoms with Gasteiger partial charge < -0.3 is 4.42 Å². The van der Waals surface area contributed by atoms with Crippen LogP contribution in [0, 0.1) is 0 Å². The van der Waals surface area contributed by atoms with Gasteiger partial charge in [-0.05, 0) is 16.3 Å². The summed E-state index contributed by atoms with van der Waals surface area (Å²) in [6.45, 7) is 0. The van der Waals surface area contributed by atoms with E-state index in [1.807, 2.05) is 18.2 Å². The molecule has 3 nitrogen and oxygen atoms in total. The van der Waals surface area contributed by atoms with Gasteiger partial charge in [0.1, 0.15) is 0 Å². The molecule has 0 spiro atoms. The van der Waals surface area contributed by atoms with Gasteiger partial charge in [-0.25, -0.2) is 0 Å². The zero-order valence-corrected chi connectivity index (χ0v) is 10.5. The van der Waals surface area contributed by atoms with Gasteiger partial charge in [-0.1, -0.05) is 42.5 Å². The highest BCUT2D eigenvalue weighted by Crippen LogP contribution is 2.21. The van der Waals surface area contributed by atoms with Gasteiger partial charge in [0.25, 0.3) is 4.80 Å². The maximum atomic E-state index is 5.33. The molecule has 0 fully saturated rings. The first kappa shape index (κ1) is 10.5. The third kappa shape index (κ3) is 2.08. The lowest BCUT2D eigenvalue weighted by Gasteiger charge is -2.03. The topological polar surface area (TPSA) is 38.9 Å². The van der Waals surface area contributed by atoms with Gasteiger partial charge in [-0.15, -0.1) is 10.2 Å². The Morgan fingerprint density at radius 3 is 2.65 bits per heavy atom. The first-order valence-electron chi connectivity index (χ1n) is 5.27. The summed E-state index contributed by atoms with van der Waals surface area (Å²) in [5.41, 5.74) is 1.19. The van der Waals surface area contributed by atoms with Crippen LogP contribution in [0.4, 0.5) is 0 Å². The Morgan fingerprint density at radius 2 is 1.82 bits per heavy atom. The highest BCUT2D eigenvalue weighted by molar-refractivity contribution is 9.10. The standard InChI is InChI=1S/C13H9BrN2O/c14-13-16-15-12(17-13)8-10-6-3-5-9-4-1-2-7-11(9)10/h1-7H,8H2. The second kappa shape index (κ2) is 4.30. The van der Waals surface area contributed by atoms with Gasteiger partial charge in [0, 0.05) is 15.9 Å². The van der Waals surface area contributed by atoms with Crippen LogP contribution >= 0.6 is 15.9 Å². The Hall–Kier alpha value is -1.68. The molecule has 0 aliphatic carbocycles. The molecule has 0 saturated heterocycles. The van der Waals surface area contributed by atoms with Gasteiger partial charge in [0.15, 0.2) is 0 Å². The summed E-state index contributed by atoms with van der Waals surface area (Å²) in [5, 5.41) is 10.2. The molecule has 0 aliphatic rings. The molecule has 0 bridgehead atoms. The zero-order valence-electron chi connectivity index (χ0n) is 8.93. The van der Waals surface area contributed by atoms with Gasteiger partial charge in [0.05, 0.1) is 6.42 Å². The lowest BCUT2D eigenvalue weighted by molar-refractivity contribution is 0.482. The van der Waals surface area contributed by atoms with E-state index in [4.69, 9.17) is 4.42 Å². The number of hydrogen-bond donors (Lipinski definition) is 0. The first-order valence-corrected chi connectivity index (χ1v) is 6.07. The van der Waals surface area contributed by atoms with Crippen molar-refractivity contribution in [3.8, 4) is 0 Å². The minimum absolute atomic E-state index is 0.424. The minimum Gasteiger partial charge on any atom is -0.415 e. The van der Waals surface area contributed by atoms with Crippen LogP contribution in [0.15, 0.2) is 51.7 Å². The second-order valence-electron chi connectivity index (χ2n) is 3.76. The van der Waals surface area contributed by atoms with Crippen molar-refractivity contribution in [1.82, 2.24) is 10.2 Å². The smallest absolute Gasteiger partial charge is 0.284 e. The molecule has 0 unspecified atom stereocenters. The van der Waals surface area contributed by atoms with Crippen molar-refractivity contribution in [2.75, 3.05) is 0 Å². The Morgan fingerprint density at radius 1 is 1.00 bits per heavy atom. The van der Waals surface area contributed by atoms with Crippen LogP contribution in [0.3, 0.4) is 0 Å². The number of aromatic nitrogens is 2. The molecule has 17 heavy (non-hydrogen) atoms. The number of benzene rings is 2. The molecule has 1 heterocycles. The van der Waals surface area contributed by atoms with E-state index >= 15 is 0 Å². The van der Waals surface area contributed by atoms with E-state index in [1.54, 1.807) is 0 Å². The van der Waals surface area contributed by atoms with E-state index in [-0.39, 0.29) is 0 Å². The largest absolute Gasteiger partial charge is 0.415 e. The first-order chi connectivity index (χ1) is 8.33. The van der Waals surface area contributed by atoms with Crippen molar-refractivity contribution in [3.63, 3.8) is 0 Å². The molecular formula is C13H9BrN2O.